The molecule has 2 aromatic carbocycles. The molecule has 0 unspecified atom stereocenters. The highest BCUT2D eigenvalue weighted by atomic mass is 19.4. The van der Waals surface area contributed by atoms with Crippen LogP contribution in [0.3, 0.4) is 0 Å². The van der Waals surface area contributed by atoms with Crippen LogP contribution < -0.4 is 5.32 Å². The second kappa shape index (κ2) is 8.29. The number of amides is 1. The Kier molecular flexibility index (Phi) is 6.25. The van der Waals surface area contributed by atoms with Gasteiger partial charge >= 0.3 is 12.4 Å². The molecule has 0 fully saturated rings. The number of nitrogens with zero attached hydrogens (tertiary/aromatic N) is 2. The van der Waals surface area contributed by atoms with Crippen LogP contribution in [0.2, 0.25) is 0 Å². The molecule has 0 aliphatic rings. The molecule has 0 spiro atoms. The highest BCUT2D eigenvalue weighted by molar-refractivity contribution is 6.03. The van der Waals surface area contributed by atoms with Crippen molar-refractivity contribution in [3.63, 3.8) is 0 Å². The lowest BCUT2D eigenvalue weighted by molar-refractivity contribution is -0.137. The summed E-state index contributed by atoms with van der Waals surface area (Å²) < 4.78 is 89.4. The molecule has 29 heavy (non-hydrogen) atoms. The molecule has 5 nitrogen and oxygen atoms in total. The van der Waals surface area contributed by atoms with E-state index in [4.69, 9.17) is 0 Å². The highest BCUT2D eigenvalue weighted by Crippen LogP contribution is 2.32. The van der Waals surface area contributed by atoms with Gasteiger partial charge in [-0.3, -0.25) is 4.79 Å². The molecular formula is C17H10F7N3O2. The molecular weight excluding hydrogens is 411 g/mol. The van der Waals surface area contributed by atoms with Crippen LogP contribution >= 0.6 is 0 Å². The van der Waals surface area contributed by atoms with E-state index in [1.54, 1.807) is 0 Å². The van der Waals surface area contributed by atoms with E-state index in [0.717, 1.165) is 36.4 Å². The zero-order valence-electron chi connectivity index (χ0n) is 14.0. The number of carbonyl (C=O) groups is 1. The number of nitrogens with one attached hydrogen (secondary N) is 1. The highest BCUT2D eigenvalue weighted by Gasteiger charge is 2.39. The first kappa shape index (κ1) is 21.9. The average Bonchev–Trinajstić information content (AvgIpc) is 2.62. The molecule has 0 aromatic heterocycles. The summed E-state index contributed by atoms with van der Waals surface area (Å²) in [4.78, 5) is 12.1. The molecule has 0 bridgehead atoms. The van der Waals surface area contributed by atoms with E-state index in [0.29, 0.717) is 12.1 Å². The molecule has 0 heterocycles. The van der Waals surface area contributed by atoms with Gasteiger partial charge in [0, 0.05) is 5.69 Å². The Labute approximate surface area is 158 Å². The number of allylic oxidation sites excluding steroid dienone is 1. The molecule has 2 aromatic rings. The van der Waals surface area contributed by atoms with Crippen LogP contribution in [0.25, 0.3) is 0 Å². The van der Waals surface area contributed by atoms with E-state index in [9.17, 15) is 40.6 Å². The largest absolute Gasteiger partial charge is 0.503 e. The maximum absolute atomic E-state index is 12.9. The van der Waals surface area contributed by atoms with Gasteiger partial charge in [-0.2, -0.15) is 31.5 Å². The van der Waals surface area contributed by atoms with Crippen LogP contribution in [0, 0.1) is 5.82 Å². The Morgan fingerprint density at radius 2 is 1.59 bits per heavy atom. The minimum Gasteiger partial charge on any atom is -0.503 e. The first-order chi connectivity index (χ1) is 13.4. The van der Waals surface area contributed by atoms with Crippen LogP contribution in [0.15, 0.2) is 70.2 Å². The maximum atomic E-state index is 12.9. The lowest BCUT2D eigenvalue weighted by Crippen LogP contribution is -2.21. The van der Waals surface area contributed by atoms with E-state index in [-0.39, 0.29) is 5.69 Å². The third-order valence-electron chi connectivity index (χ3n) is 3.25. The Hall–Kier alpha value is -3.44. The van der Waals surface area contributed by atoms with Gasteiger partial charge < -0.3 is 10.4 Å². The molecule has 1 amide bonds. The maximum Gasteiger partial charge on any atom is 0.451 e. The van der Waals surface area contributed by atoms with Crippen molar-refractivity contribution in [2.45, 2.75) is 12.4 Å². The van der Waals surface area contributed by atoms with Crippen LogP contribution in [0.1, 0.15) is 5.56 Å². The van der Waals surface area contributed by atoms with E-state index >= 15 is 0 Å². The molecule has 0 radical (unpaired) electrons. The van der Waals surface area contributed by atoms with E-state index in [1.165, 1.54) is 0 Å². The van der Waals surface area contributed by atoms with Gasteiger partial charge in [0.1, 0.15) is 5.82 Å². The first-order valence-corrected chi connectivity index (χ1v) is 7.54. The van der Waals surface area contributed by atoms with Gasteiger partial charge in [0.2, 0.25) is 5.76 Å². The van der Waals surface area contributed by atoms with Crippen molar-refractivity contribution >= 4 is 17.3 Å². The molecule has 0 atom stereocenters. The minimum absolute atomic E-state index is 0.127. The number of benzene rings is 2. The van der Waals surface area contributed by atoms with Gasteiger partial charge in [-0.25, -0.2) is 4.39 Å². The van der Waals surface area contributed by atoms with Gasteiger partial charge in [0.05, 0.1) is 11.3 Å². The molecule has 12 heteroatoms. The molecule has 2 rings (SSSR count). The molecule has 0 aliphatic carbocycles. The zero-order valence-corrected chi connectivity index (χ0v) is 14.0. The monoisotopic (exact) mass is 421 g/mol. The summed E-state index contributed by atoms with van der Waals surface area (Å²) in [7, 11) is 0. The standard InChI is InChI=1S/C17H10F7N3O2/c18-10-4-6-11(7-5-10)25-15(29)13(14(28)17(22,23)24)27-26-12-3-1-2-9(8-12)16(19,20)21/h1-8,28H,(H,25,29). The third-order valence-corrected chi connectivity index (χ3v) is 3.25. The Morgan fingerprint density at radius 1 is 0.966 bits per heavy atom. The van der Waals surface area contributed by atoms with Gasteiger partial charge in [-0.05, 0) is 42.5 Å². The normalized spacial score (nSPS) is 13.3. The summed E-state index contributed by atoms with van der Waals surface area (Å²) >= 11 is 0. The van der Waals surface area contributed by atoms with Crippen LogP contribution in [0.5, 0.6) is 0 Å². The third kappa shape index (κ3) is 6.02. The van der Waals surface area contributed by atoms with Crippen LogP contribution in [-0.2, 0) is 11.0 Å². The fourth-order valence-electron chi connectivity index (χ4n) is 1.91. The summed E-state index contributed by atoms with van der Waals surface area (Å²) in [6.07, 6.45) is -10.1. The van der Waals surface area contributed by atoms with Gasteiger partial charge in [0.15, 0.2) is 5.70 Å². The van der Waals surface area contributed by atoms with Gasteiger partial charge in [-0.15, -0.1) is 5.11 Å². The number of rotatable bonds is 4. The number of azo groups is 1. The fourth-order valence-corrected chi connectivity index (χ4v) is 1.91. The summed E-state index contributed by atoms with van der Waals surface area (Å²) in [5.41, 5.74) is -3.38. The quantitative estimate of drug-likeness (QED) is 0.279. The van der Waals surface area contributed by atoms with Crippen molar-refractivity contribution in [2.24, 2.45) is 10.2 Å². The number of hydrogen-bond acceptors (Lipinski definition) is 4. The number of anilines is 1. The summed E-state index contributed by atoms with van der Waals surface area (Å²) in [5.74, 6) is -4.66. The number of halogens is 7. The van der Waals surface area contributed by atoms with Crippen molar-refractivity contribution in [3.8, 4) is 0 Å². The number of carbonyl (C=O) groups excluding carboxylic acids is 1. The fraction of sp³-hybridized carbons (Fsp3) is 0.118. The predicted molar refractivity (Wildman–Crippen MR) is 86.7 cm³/mol. The molecule has 0 saturated carbocycles. The van der Waals surface area contributed by atoms with E-state index < -0.39 is 46.8 Å². The molecule has 154 valence electrons. The number of alkyl halides is 6. The predicted octanol–water partition coefficient (Wildman–Crippen LogP) is 5.90. The summed E-state index contributed by atoms with van der Waals surface area (Å²) in [6, 6.07) is 6.99. The molecule has 0 aliphatic heterocycles. The Bertz CT molecular complexity index is 949. The molecule has 0 saturated heterocycles. The summed E-state index contributed by atoms with van der Waals surface area (Å²) in [5, 5.41) is 17.4. The Morgan fingerprint density at radius 3 is 2.14 bits per heavy atom. The lowest BCUT2D eigenvalue weighted by Gasteiger charge is -2.10. The second-order valence-corrected chi connectivity index (χ2v) is 5.40. The van der Waals surface area contributed by atoms with Crippen molar-refractivity contribution in [3.05, 3.63) is 71.4 Å². The van der Waals surface area contributed by atoms with E-state index in [1.807, 2.05) is 5.32 Å². The SMILES string of the molecule is O=C(Nc1ccc(F)cc1)C(N=Nc1cccc(C(F)(F)F)c1)=C(O)C(F)(F)F. The summed E-state index contributed by atoms with van der Waals surface area (Å²) in [6.45, 7) is 0. The topological polar surface area (TPSA) is 74.0 Å². The van der Waals surface area contributed by atoms with E-state index in [2.05, 4.69) is 10.2 Å². The smallest absolute Gasteiger partial charge is 0.451 e. The van der Waals surface area contributed by atoms with Crippen molar-refractivity contribution < 1.29 is 40.6 Å². The number of hydrogen-bond donors (Lipinski definition) is 2. The number of aliphatic hydroxyl groups excluding tert-OH is 1. The molecule has 2 N–H and O–H groups in total. The van der Waals surface area contributed by atoms with Crippen LogP contribution in [-0.4, -0.2) is 17.2 Å². The average molecular weight is 421 g/mol. The Balaban J connectivity index is 2.38. The van der Waals surface area contributed by atoms with Crippen LogP contribution in [0.4, 0.5) is 42.1 Å². The van der Waals surface area contributed by atoms with Gasteiger partial charge in [0.25, 0.3) is 5.91 Å². The lowest BCUT2D eigenvalue weighted by atomic mass is 10.2. The minimum atomic E-state index is -5.39. The van der Waals surface area contributed by atoms with Crippen molar-refractivity contribution in [1.82, 2.24) is 0 Å². The van der Waals surface area contributed by atoms with Crippen molar-refractivity contribution in [1.29, 1.82) is 0 Å². The number of aliphatic hydroxyl groups is 1. The van der Waals surface area contributed by atoms with Crippen molar-refractivity contribution in [2.75, 3.05) is 5.32 Å². The zero-order chi connectivity index (χ0) is 21.8. The van der Waals surface area contributed by atoms with Gasteiger partial charge in [-0.1, -0.05) is 6.07 Å². The first-order valence-electron chi connectivity index (χ1n) is 7.54. The second-order valence-electron chi connectivity index (χ2n) is 5.40.